The average molecular weight is 260 g/mol. The van der Waals surface area contributed by atoms with E-state index in [1.165, 1.54) is 30.4 Å². The molecule has 1 saturated carbocycles. The van der Waals surface area contributed by atoms with Gasteiger partial charge in [0.25, 0.3) is 0 Å². The Morgan fingerprint density at radius 1 is 1.05 bits per heavy atom. The molecule has 20 heavy (non-hydrogen) atoms. The molecule has 0 N–H and O–H groups in total. The lowest BCUT2D eigenvalue weighted by molar-refractivity contribution is 0.812. The topological polar surface area (TPSA) is 0 Å². The smallest absolute Gasteiger partial charge is 0.0298 e. The van der Waals surface area contributed by atoms with Crippen molar-refractivity contribution in [3.63, 3.8) is 0 Å². The summed E-state index contributed by atoms with van der Waals surface area (Å²) >= 11 is 0. The number of allylic oxidation sites excluding steroid dienone is 8. The molecule has 4 rings (SSSR count). The molecule has 0 heteroatoms. The van der Waals surface area contributed by atoms with Crippen molar-refractivity contribution in [1.82, 2.24) is 0 Å². The summed E-state index contributed by atoms with van der Waals surface area (Å²) in [6.45, 7) is 0. The minimum Gasteiger partial charge on any atom is -0.0842 e. The van der Waals surface area contributed by atoms with Gasteiger partial charge >= 0.3 is 0 Å². The highest BCUT2D eigenvalue weighted by Gasteiger charge is 2.36. The van der Waals surface area contributed by atoms with Crippen LogP contribution in [0.1, 0.15) is 30.7 Å². The molecule has 0 aromatic heterocycles. The van der Waals surface area contributed by atoms with Crippen LogP contribution in [0.2, 0.25) is 0 Å². The van der Waals surface area contributed by atoms with Gasteiger partial charge in [-0.15, -0.1) is 0 Å². The van der Waals surface area contributed by atoms with Gasteiger partial charge in [0, 0.05) is 5.92 Å². The maximum atomic E-state index is 2.53. The molecule has 0 bridgehead atoms. The van der Waals surface area contributed by atoms with Crippen LogP contribution in [0.15, 0.2) is 77.9 Å². The molecule has 0 saturated heterocycles. The van der Waals surface area contributed by atoms with Gasteiger partial charge in [0.05, 0.1) is 0 Å². The van der Waals surface area contributed by atoms with E-state index in [9.17, 15) is 0 Å². The molecule has 3 unspecified atom stereocenters. The van der Waals surface area contributed by atoms with Crippen molar-refractivity contribution < 1.29 is 0 Å². The van der Waals surface area contributed by atoms with Crippen LogP contribution in [-0.2, 0) is 0 Å². The van der Waals surface area contributed by atoms with E-state index >= 15 is 0 Å². The lowest BCUT2D eigenvalue weighted by Crippen LogP contribution is -2.08. The van der Waals surface area contributed by atoms with Crippen LogP contribution in [0.5, 0.6) is 0 Å². The molecule has 0 amide bonds. The minimum atomic E-state index is 0.457. The maximum absolute atomic E-state index is 2.53. The Hall–Kier alpha value is -1.82. The van der Waals surface area contributed by atoms with E-state index in [4.69, 9.17) is 0 Å². The van der Waals surface area contributed by atoms with Crippen LogP contribution in [0, 0.1) is 11.8 Å². The first kappa shape index (κ1) is 12.0. The lowest BCUT2D eigenvalue weighted by Gasteiger charge is -2.25. The fourth-order valence-electron chi connectivity index (χ4n) is 3.51. The number of hydrogen-bond donors (Lipinski definition) is 0. The van der Waals surface area contributed by atoms with Crippen molar-refractivity contribution in [2.24, 2.45) is 11.8 Å². The summed E-state index contributed by atoms with van der Waals surface area (Å²) in [5.41, 5.74) is 4.51. The molecule has 1 aromatic carbocycles. The predicted molar refractivity (Wildman–Crippen MR) is 84.5 cm³/mol. The van der Waals surface area contributed by atoms with Crippen LogP contribution in [-0.4, -0.2) is 0 Å². The first-order valence-electron chi connectivity index (χ1n) is 7.72. The summed E-state index contributed by atoms with van der Waals surface area (Å²) in [6, 6.07) is 11.0. The highest BCUT2D eigenvalue weighted by molar-refractivity contribution is 5.47. The zero-order valence-electron chi connectivity index (χ0n) is 11.7. The monoisotopic (exact) mass is 260 g/mol. The quantitative estimate of drug-likeness (QED) is 0.702. The third-order valence-corrected chi connectivity index (χ3v) is 4.72. The van der Waals surface area contributed by atoms with Crippen molar-refractivity contribution in [3.8, 4) is 0 Å². The van der Waals surface area contributed by atoms with Gasteiger partial charge in [-0.05, 0) is 42.2 Å². The summed E-state index contributed by atoms with van der Waals surface area (Å²) in [4.78, 5) is 0. The summed E-state index contributed by atoms with van der Waals surface area (Å²) in [6.07, 6.45) is 17.9. The Morgan fingerprint density at radius 2 is 1.95 bits per heavy atom. The van der Waals surface area contributed by atoms with E-state index < -0.39 is 0 Å². The van der Waals surface area contributed by atoms with Gasteiger partial charge in [0.2, 0.25) is 0 Å². The standard InChI is InChI=1S/C20H20/c1-3-7-15(8-4-1)20(16-9-5-2-6-10-16)18-12-11-17-13-19(17)14-18/h1-5,7-9,11-12,14,17,19-20H,6,10,13H2. The van der Waals surface area contributed by atoms with Gasteiger partial charge in [-0.3, -0.25) is 0 Å². The van der Waals surface area contributed by atoms with Gasteiger partial charge < -0.3 is 0 Å². The molecule has 0 nitrogen and oxygen atoms in total. The van der Waals surface area contributed by atoms with Crippen LogP contribution < -0.4 is 0 Å². The van der Waals surface area contributed by atoms with Crippen LogP contribution in [0.4, 0.5) is 0 Å². The van der Waals surface area contributed by atoms with Gasteiger partial charge in [0.1, 0.15) is 0 Å². The summed E-state index contributed by atoms with van der Waals surface area (Å²) < 4.78 is 0. The zero-order valence-corrected chi connectivity index (χ0v) is 11.7. The van der Waals surface area contributed by atoms with Gasteiger partial charge in [-0.1, -0.05) is 72.4 Å². The fourth-order valence-corrected chi connectivity index (χ4v) is 3.51. The van der Waals surface area contributed by atoms with Crippen molar-refractivity contribution in [3.05, 3.63) is 83.5 Å². The van der Waals surface area contributed by atoms with Crippen molar-refractivity contribution in [2.75, 3.05) is 0 Å². The van der Waals surface area contributed by atoms with Crippen LogP contribution >= 0.6 is 0 Å². The maximum Gasteiger partial charge on any atom is 0.0298 e. The molecular formula is C20H20. The Morgan fingerprint density at radius 3 is 2.70 bits per heavy atom. The third kappa shape index (κ3) is 2.20. The first-order valence-corrected chi connectivity index (χ1v) is 7.72. The molecule has 3 aliphatic carbocycles. The summed E-state index contributed by atoms with van der Waals surface area (Å²) in [5.74, 6) is 2.12. The fraction of sp³-hybridized carbons (Fsp3) is 0.300. The van der Waals surface area contributed by atoms with Crippen molar-refractivity contribution in [1.29, 1.82) is 0 Å². The first-order chi connectivity index (χ1) is 9.92. The lowest BCUT2D eigenvalue weighted by atomic mass is 9.79. The Balaban J connectivity index is 1.75. The molecular weight excluding hydrogens is 240 g/mol. The predicted octanol–water partition coefficient (Wildman–Crippen LogP) is 5.18. The molecule has 0 aliphatic heterocycles. The number of benzene rings is 1. The zero-order chi connectivity index (χ0) is 13.4. The molecule has 1 fully saturated rings. The van der Waals surface area contributed by atoms with Crippen molar-refractivity contribution in [2.45, 2.75) is 25.2 Å². The molecule has 0 spiro atoms. The van der Waals surface area contributed by atoms with E-state index in [1.807, 2.05) is 0 Å². The molecule has 0 heterocycles. The normalized spacial score (nSPS) is 28.4. The van der Waals surface area contributed by atoms with Crippen molar-refractivity contribution >= 4 is 0 Å². The van der Waals surface area contributed by atoms with E-state index in [0.717, 1.165) is 11.8 Å². The van der Waals surface area contributed by atoms with E-state index in [1.54, 1.807) is 5.57 Å². The molecule has 100 valence electrons. The second-order valence-corrected chi connectivity index (χ2v) is 6.14. The average Bonchev–Trinajstić information content (AvgIpc) is 3.28. The second-order valence-electron chi connectivity index (χ2n) is 6.14. The molecule has 0 radical (unpaired) electrons. The third-order valence-electron chi connectivity index (χ3n) is 4.72. The highest BCUT2D eigenvalue weighted by Crippen LogP contribution is 2.48. The van der Waals surface area contributed by atoms with E-state index in [-0.39, 0.29) is 0 Å². The summed E-state index contributed by atoms with van der Waals surface area (Å²) in [5, 5.41) is 0. The largest absolute Gasteiger partial charge is 0.0842 e. The van der Waals surface area contributed by atoms with E-state index in [0.29, 0.717) is 5.92 Å². The van der Waals surface area contributed by atoms with Gasteiger partial charge in [-0.2, -0.15) is 0 Å². The van der Waals surface area contributed by atoms with E-state index in [2.05, 4.69) is 66.8 Å². The summed E-state index contributed by atoms with van der Waals surface area (Å²) in [7, 11) is 0. The molecule has 3 atom stereocenters. The Bertz CT molecular complexity index is 613. The Labute approximate surface area is 121 Å². The minimum absolute atomic E-state index is 0.457. The molecule has 3 aliphatic rings. The van der Waals surface area contributed by atoms with Gasteiger partial charge in [0.15, 0.2) is 0 Å². The van der Waals surface area contributed by atoms with Crippen LogP contribution in [0.3, 0.4) is 0 Å². The molecule has 1 aromatic rings. The van der Waals surface area contributed by atoms with Crippen LogP contribution in [0.25, 0.3) is 0 Å². The highest BCUT2D eigenvalue weighted by atomic mass is 14.4. The number of rotatable bonds is 3. The Kier molecular flexibility index (Phi) is 2.95. The number of hydrogen-bond acceptors (Lipinski definition) is 0. The number of fused-ring (bicyclic) bond motifs is 1. The van der Waals surface area contributed by atoms with Gasteiger partial charge in [-0.25, -0.2) is 0 Å². The SMILES string of the molecule is C1=CCCC(C(C2=CC3CC3C=C2)c2ccccc2)=C1. The second kappa shape index (κ2) is 4.94.